The van der Waals surface area contributed by atoms with Crippen molar-refractivity contribution < 1.29 is 0 Å². The van der Waals surface area contributed by atoms with E-state index in [0.717, 1.165) is 5.56 Å². The third kappa shape index (κ3) is 3.51. The Morgan fingerprint density at radius 1 is 0.903 bits per heavy atom. The molecule has 7 nitrogen and oxygen atoms in total. The van der Waals surface area contributed by atoms with E-state index in [4.69, 9.17) is 0 Å². The van der Waals surface area contributed by atoms with Gasteiger partial charge in [-0.3, -0.25) is 23.1 Å². The number of nitrogens with zero attached hydrogens (tertiary/aromatic N) is 4. The van der Waals surface area contributed by atoms with Gasteiger partial charge in [0.1, 0.15) is 10.3 Å². The molecule has 1 aromatic carbocycles. The van der Waals surface area contributed by atoms with Crippen molar-refractivity contribution in [3.05, 3.63) is 115 Å². The number of hydrogen-bond acceptors (Lipinski definition) is 5. The summed E-state index contributed by atoms with van der Waals surface area (Å²) in [6.45, 7) is 0.391. The minimum absolute atomic E-state index is 0.109. The Labute approximate surface area is 180 Å². The zero-order valence-corrected chi connectivity index (χ0v) is 17.3. The van der Waals surface area contributed by atoms with Crippen LogP contribution in [0.4, 0.5) is 0 Å². The van der Waals surface area contributed by atoms with Gasteiger partial charge in [-0.15, -0.1) is 11.3 Å². The molecule has 4 heterocycles. The van der Waals surface area contributed by atoms with Crippen molar-refractivity contribution >= 4 is 27.2 Å². The van der Waals surface area contributed by atoms with Crippen LogP contribution in [0.5, 0.6) is 0 Å². The van der Waals surface area contributed by atoms with Gasteiger partial charge < -0.3 is 0 Å². The molecule has 0 aliphatic heterocycles. The van der Waals surface area contributed by atoms with Crippen LogP contribution in [-0.4, -0.2) is 18.5 Å². The number of aryl methyl sites for hydroxylation is 1. The van der Waals surface area contributed by atoms with Gasteiger partial charge in [0.05, 0.1) is 17.8 Å². The molecule has 5 rings (SSSR count). The van der Waals surface area contributed by atoms with Crippen molar-refractivity contribution in [1.82, 2.24) is 18.5 Å². The molecular formula is C23H18N4O3S. The molecule has 0 N–H and O–H groups in total. The van der Waals surface area contributed by atoms with Gasteiger partial charge in [0.15, 0.2) is 0 Å². The van der Waals surface area contributed by atoms with E-state index in [1.54, 1.807) is 35.8 Å². The van der Waals surface area contributed by atoms with Crippen molar-refractivity contribution in [3.63, 3.8) is 0 Å². The van der Waals surface area contributed by atoms with E-state index in [0.29, 0.717) is 28.0 Å². The predicted octanol–water partition coefficient (Wildman–Crippen LogP) is 2.52. The van der Waals surface area contributed by atoms with Gasteiger partial charge in [-0.05, 0) is 35.6 Å². The number of fused-ring (bicyclic) bond motifs is 2. The lowest BCUT2D eigenvalue weighted by Gasteiger charge is -2.12. The Hall–Kier alpha value is -3.78. The molecular weight excluding hydrogens is 412 g/mol. The highest BCUT2D eigenvalue weighted by molar-refractivity contribution is 7.17. The normalized spacial score (nSPS) is 11.4. The Balaban J connectivity index is 1.60. The van der Waals surface area contributed by atoms with Crippen LogP contribution in [0.1, 0.15) is 11.3 Å². The molecule has 0 fully saturated rings. The van der Waals surface area contributed by atoms with Crippen molar-refractivity contribution in [3.8, 4) is 0 Å². The van der Waals surface area contributed by atoms with E-state index in [1.165, 1.54) is 30.9 Å². The first-order valence-corrected chi connectivity index (χ1v) is 10.7. The van der Waals surface area contributed by atoms with E-state index in [2.05, 4.69) is 4.98 Å². The summed E-state index contributed by atoms with van der Waals surface area (Å²) in [7, 11) is 0. The fraction of sp³-hybridized carbons (Fsp3) is 0.130. The number of benzene rings is 1. The van der Waals surface area contributed by atoms with Crippen LogP contribution in [0, 0.1) is 0 Å². The Morgan fingerprint density at radius 2 is 1.71 bits per heavy atom. The van der Waals surface area contributed by atoms with Crippen molar-refractivity contribution in [2.24, 2.45) is 0 Å². The van der Waals surface area contributed by atoms with E-state index in [1.807, 2.05) is 30.3 Å². The van der Waals surface area contributed by atoms with Crippen LogP contribution in [0.3, 0.4) is 0 Å². The Kier molecular flexibility index (Phi) is 4.83. The second-order valence-corrected chi connectivity index (χ2v) is 8.13. The number of rotatable bonds is 5. The molecule has 0 aliphatic rings. The highest BCUT2D eigenvalue weighted by Crippen LogP contribution is 2.16. The first-order chi connectivity index (χ1) is 15.1. The topological polar surface area (TPSA) is 78.4 Å². The molecule has 0 bridgehead atoms. The zero-order chi connectivity index (χ0) is 21.4. The molecule has 0 aliphatic carbocycles. The number of pyridine rings is 1. The average Bonchev–Trinajstić information content (AvgIpc) is 3.27. The van der Waals surface area contributed by atoms with Crippen LogP contribution in [-0.2, 0) is 19.5 Å². The molecule has 0 unspecified atom stereocenters. The minimum atomic E-state index is -0.401. The Morgan fingerprint density at radius 3 is 2.55 bits per heavy atom. The molecule has 0 saturated heterocycles. The van der Waals surface area contributed by atoms with Crippen LogP contribution in [0.2, 0.25) is 0 Å². The summed E-state index contributed by atoms with van der Waals surface area (Å²) in [5, 5.41) is 1.80. The molecule has 0 atom stereocenters. The largest absolute Gasteiger partial charge is 0.331 e. The lowest BCUT2D eigenvalue weighted by atomic mass is 10.1. The van der Waals surface area contributed by atoms with Crippen LogP contribution >= 0.6 is 11.3 Å². The molecule has 154 valence electrons. The lowest BCUT2D eigenvalue weighted by Crippen LogP contribution is -2.40. The predicted molar refractivity (Wildman–Crippen MR) is 121 cm³/mol. The lowest BCUT2D eigenvalue weighted by molar-refractivity contribution is 0.588. The fourth-order valence-corrected chi connectivity index (χ4v) is 4.56. The molecule has 4 aromatic heterocycles. The second kappa shape index (κ2) is 7.81. The summed E-state index contributed by atoms with van der Waals surface area (Å²) in [6, 6.07) is 18.2. The molecule has 31 heavy (non-hydrogen) atoms. The summed E-state index contributed by atoms with van der Waals surface area (Å²) in [5.74, 6) is 0. The van der Waals surface area contributed by atoms with Crippen molar-refractivity contribution in [2.45, 2.75) is 19.5 Å². The minimum Gasteiger partial charge on any atom is -0.286 e. The molecule has 0 saturated carbocycles. The van der Waals surface area contributed by atoms with Gasteiger partial charge in [-0.1, -0.05) is 36.4 Å². The quantitative estimate of drug-likeness (QED) is 0.429. The summed E-state index contributed by atoms with van der Waals surface area (Å²) in [4.78, 5) is 43.2. The van der Waals surface area contributed by atoms with Gasteiger partial charge in [0, 0.05) is 18.8 Å². The standard InChI is InChI=1S/C23H18N4O3S/c28-20-14-17(24-19-8-4-5-11-25(19)20)15-27-18-10-13-31-21(18)22(29)26(23(27)30)12-9-16-6-2-1-3-7-16/h1-8,10-11,13-14H,9,12,15H2. The zero-order valence-electron chi connectivity index (χ0n) is 16.5. The maximum atomic E-state index is 13.3. The monoisotopic (exact) mass is 430 g/mol. The summed E-state index contributed by atoms with van der Waals surface area (Å²) in [5.41, 5.74) is 1.70. The van der Waals surface area contributed by atoms with E-state index < -0.39 is 5.69 Å². The highest BCUT2D eigenvalue weighted by Gasteiger charge is 2.15. The summed E-state index contributed by atoms with van der Waals surface area (Å²) >= 11 is 1.31. The first-order valence-electron chi connectivity index (χ1n) is 9.84. The number of thiophene rings is 1. The summed E-state index contributed by atoms with van der Waals surface area (Å²) < 4.78 is 4.78. The van der Waals surface area contributed by atoms with E-state index in [-0.39, 0.29) is 24.2 Å². The molecule has 0 amide bonds. The maximum absolute atomic E-state index is 13.3. The van der Waals surface area contributed by atoms with Gasteiger partial charge >= 0.3 is 5.69 Å². The summed E-state index contributed by atoms with van der Waals surface area (Å²) in [6.07, 6.45) is 2.23. The van der Waals surface area contributed by atoms with Gasteiger partial charge in [0.2, 0.25) is 0 Å². The highest BCUT2D eigenvalue weighted by atomic mass is 32.1. The number of aromatic nitrogens is 4. The molecule has 0 spiro atoms. The Bertz CT molecular complexity index is 1580. The molecule has 8 heteroatoms. The smallest absolute Gasteiger partial charge is 0.286 e. The van der Waals surface area contributed by atoms with Gasteiger partial charge in [-0.2, -0.15) is 0 Å². The van der Waals surface area contributed by atoms with Crippen LogP contribution < -0.4 is 16.8 Å². The van der Waals surface area contributed by atoms with Gasteiger partial charge in [-0.25, -0.2) is 9.78 Å². The fourth-order valence-electron chi connectivity index (χ4n) is 3.71. The average molecular weight is 430 g/mol. The molecule has 5 aromatic rings. The third-order valence-electron chi connectivity index (χ3n) is 5.25. The first kappa shape index (κ1) is 19.2. The van der Waals surface area contributed by atoms with E-state index >= 15 is 0 Å². The van der Waals surface area contributed by atoms with Crippen molar-refractivity contribution in [1.29, 1.82) is 0 Å². The number of hydrogen-bond donors (Lipinski definition) is 0. The van der Waals surface area contributed by atoms with Crippen LogP contribution in [0.25, 0.3) is 15.9 Å². The SMILES string of the molecule is O=c1c2sccc2n(Cc2cc(=O)n3ccccc3n2)c(=O)n1CCc1ccccc1. The van der Waals surface area contributed by atoms with Gasteiger partial charge in [0.25, 0.3) is 11.1 Å². The van der Waals surface area contributed by atoms with E-state index in [9.17, 15) is 14.4 Å². The second-order valence-electron chi connectivity index (χ2n) is 7.21. The third-order valence-corrected chi connectivity index (χ3v) is 6.14. The van der Waals surface area contributed by atoms with Crippen molar-refractivity contribution in [2.75, 3.05) is 0 Å². The maximum Gasteiger partial charge on any atom is 0.331 e. The van der Waals surface area contributed by atoms with Crippen LogP contribution in [0.15, 0.2) is 86.6 Å². The molecule has 0 radical (unpaired) electrons.